The summed E-state index contributed by atoms with van der Waals surface area (Å²) in [6.07, 6.45) is 4.21. The van der Waals surface area contributed by atoms with E-state index in [4.69, 9.17) is 4.74 Å². The van der Waals surface area contributed by atoms with Crippen LogP contribution in [-0.2, 0) is 4.74 Å². The standard InChI is InChI=1S/C13H28N2O/c1-4-12(2)11-15(3)8-7-14-10-13-6-5-9-16-13/h12-14H,4-11H2,1-3H3. The molecule has 1 saturated heterocycles. The molecule has 1 rings (SSSR count). The van der Waals surface area contributed by atoms with Gasteiger partial charge < -0.3 is 15.0 Å². The van der Waals surface area contributed by atoms with Crippen LogP contribution in [0.1, 0.15) is 33.1 Å². The lowest BCUT2D eigenvalue weighted by Gasteiger charge is -2.21. The fourth-order valence-corrected chi connectivity index (χ4v) is 2.09. The minimum Gasteiger partial charge on any atom is -0.377 e. The van der Waals surface area contributed by atoms with Gasteiger partial charge in [0.1, 0.15) is 0 Å². The van der Waals surface area contributed by atoms with Crippen LogP contribution in [0.5, 0.6) is 0 Å². The normalized spacial score (nSPS) is 22.9. The van der Waals surface area contributed by atoms with E-state index in [1.165, 1.54) is 25.8 Å². The molecule has 0 spiro atoms. The summed E-state index contributed by atoms with van der Waals surface area (Å²) >= 11 is 0. The molecule has 1 N–H and O–H groups in total. The fourth-order valence-electron chi connectivity index (χ4n) is 2.09. The average molecular weight is 228 g/mol. The smallest absolute Gasteiger partial charge is 0.0700 e. The van der Waals surface area contributed by atoms with Crippen molar-refractivity contribution >= 4 is 0 Å². The molecule has 0 aromatic carbocycles. The van der Waals surface area contributed by atoms with Crippen LogP contribution in [0.15, 0.2) is 0 Å². The number of nitrogens with zero attached hydrogens (tertiary/aromatic N) is 1. The minimum absolute atomic E-state index is 0.472. The summed E-state index contributed by atoms with van der Waals surface area (Å²) in [5, 5.41) is 3.48. The third kappa shape index (κ3) is 5.83. The Bertz CT molecular complexity index is 169. The van der Waals surface area contributed by atoms with Crippen molar-refractivity contribution in [2.75, 3.05) is 39.8 Å². The van der Waals surface area contributed by atoms with Gasteiger partial charge in [0.2, 0.25) is 0 Å². The number of ether oxygens (including phenoxy) is 1. The van der Waals surface area contributed by atoms with Crippen molar-refractivity contribution in [1.29, 1.82) is 0 Å². The molecule has 16 heavy (non-hydrogen) atoms. The Hall–Kier alpha value is -0.120. The maximum absolute atomic E-state index is 5.57. The van der Waals surface area contributed by atoms with Gasteiger partial charge in [-0.3, -0.25) is 0 Å². The van der Waals surface area contributed by atoms with Gasteiger partial charge in [-0.05, 0) is 25.8 Å². The first-order valence-electron chi connectivity index (χ1n) is 6.73. The Morgan fingerprint density at radius 1 is 1.50 bits per heavy atom. The molecule has 1 fully saturated rings. The number of hydrogen-bond donors (Lipinski definition) is 1. The van der Waals surface area contributed by atoms with Gasteiger partial charge in [-0.1, -0.05) is 20.3 Å². The molecule has 3 heteroatoms. The minimum atomic E-state index is 0.472. The molecule has 1 aliphatic heterocycles. The van der Waals surface area contributed by atoms with E-state index in [0.717, 1.165) is 32.2 Å². The van der Waals surface area contributed by atoms with Gasteiger partial charge in [-0.2, -0.15) is 0 Å². The van der Waals surface area contributed by atoms with E-state index in [1.54, 1.807) is 0 Å². The highest BCUT2D eigenvalue weighted by Crippen LogP contribution is 2.10. The molecule has 3 nitrogen and oxygen atoms in total. The predicted molar refractivity (Wildman–Crippen MR) is 68.8 cm³/mol. The van der Waals surface area contributed by atoms with Crippen LogP contribution in [-0.4, -0.2) is 50.8 Å². The Labute approximate surface area is 101 Å². The summed E-state index contributed by atoms with van der Waals surface area (Å²) in [7, 11) is 2.21. The largest absolute Gasteiger partial charge is 0.377 e. The van der Waals surface area contributed by atoms with Gasteiger partial charge in [0.05, 0.1) is 6.10 Å². The second kappa shape index (κ2) is 8.04. The molecule has 0 aromatic rings. The van der Waals surface area contributed by atoms with Crippen molar-refractivity contribution in [3.8, 4) is 0 Å². The van der Waals surface area contributed by atoms with Crippen molar-refractivity contribution in [2.45, 2.75) is 39.2 Å². The molecule has 1 aliphatic rings. The molecular formula is C13H28N2O. The molecule has 2 atom stereocenters. The first kappa shape index (κ1) is 13.9. The maximum Gasteiger partial charge on any atom is 0.0700 e. The highest BCUT2D eigenvalue weighted by molar-refractivity contribution is 4.68. The highest BCUT2D eigenvalue weighted by atomic mass is 16.5. The number of likely N-dealkylation sites (N-methyl/N-ethyl adjacent to an activating group) is 1. The SMILES string of the molecule is CCC(C)CN(C)CCNCC1CCCO1. The van der Waals surface area contributed by atoms with E-state index in [-0.39, 0.29) is 0 Å². The van der Waals surface area contributed by atoms with Crippen molar-refractivity contribution in [2.24, 2.45) is 5.92 Å². The monoisotopic (exact) mass is 228 g/mol. The average Bonchev–Trinajstić information content (AvgIpc) is 2.77. The summed E-state index contributed by atoms with van der Waals surface area (Å²) in [6.45, 7) is 9.98. The van der Waals surface area contributed by atoms with E-state index in [0.29, 0.717) is 6.10 Å². The van der Waals surface area contributed by atoms with Crippen LogP contribution in [0.4, 0.5) is 0 Å². The number of nitrogens with one attached hydrogen (secondary N) is 1. The molecule has 2 unspecified atom stereocenters. The molecular weight excluding hydrogens is 200 g/mol. The zero-order chi connectivity index (χ0) is 11.8. The van der Waals surface area contributed by atoms with Crippen molar-refractivity contribution in [3.63, 3.8) is 0 Å². The maximum atomic E-state index is 5.57. The summed E-state index contributed by atoms with van der Waals surface area (Å²) < 4.78 is 5.57. The highest BCUT2D eigenvalue weighted by Gasteiger charge is 2.14. The van der Waals surface area contributed by atoms with E-state index in [1.807, 2.05) is 0 Å². The van der Waals surface area contributed by atoms with Crippen LogP contribution in [0.3, 0.4) is 0 Å². The Kier molecular flexibility index (Phi) is 7.01. The van der Waals surface area contributed by atoms with Gasteiger partial charge in [-0.25, -0.2) is 0 Å². The molecule has 1 heterocycles. The zero-order valence-corrected chi connectivity index (χ0v) is 11.2. The van der Waals surface area contributed by atoms with Gasteiger partial charge in [0.25, 0.3) is 0 Å². The molecule has 0 radical (unpaired) electrons. The molecule has 0 amide bonds. The predicted octanol–water partition coefficient (Wildman–Crippen LogP) is 1.73. The van der Waals surface area contributed by atoms with Gasteiger partial charge in [0.15, 0.2) is 0 Å². The van der Waals surface area contributed by atoms with Gasteiger partial charge >= 0.3 is 0 Å². The summed E-state index contributed by atoms with van der Waals surface area (Å²) in [6, 6.07) is 0. The molecule has 0 saturated carbocycles. The van der Waals surface area contributed by atoms with E-state index in [9.17, 15) is 0 Å². The Morgan fingerprint density at radius 2 is 2.31 bits per heavy atom. The third-order valence-electron chi connectivity index (χ3n) is 3.39. The summed E-state index contributed by atoms with van der Waals surface area (Å²) in [5.74, 6) is 0.808. The molecule has 0 bridgehead atoms. The van der Waals surface area contributed by atoms with Crippen LogP contribution < -0.4 is 5.32 Å². The van der Waals surface area contributed by atoms with Crippen molar-refractivity contribution < 1.29 is 4.74 Å². The summed E-state index contributed by atoms with van der Waals surface area (Å²) in [5.41, 5.74) is 0. The van der Waals surface area contributed by atoms with Crippen LogP contribution in [0, 0.1) is 5.92 Å². The van der Waals surface area contributed by atoms with Crippen LogP contribution >= 0.6 is 0 Å². The van der Waals surface area contributed by atoms with Crippen molar-refractivity contribution in [3.05, 3.63) is 0 Å². The third-order valence-corrected chi connectivity index (χ3v) is 3.39. The van der Waals surface area contributed by atoms with Gasteiger partial charge in [0, 0.05) is 32.8 Å². The molecule has 0 aliphatic carbocycles. The van der Waals surface area contributed by atoms with Crippen molar-refractivity contribution in [1.82, 2.24) is 10.2 Å². The quantitative estimate of drug-likeness (QED) is 0.640. The zero-order valence-electron chi connectivity index (χ0n) is 11.2. The first-order chi connectivity index (χ1) is 7.72. The lowest BCUT2D eigenvalue weighted by atomic mass is 10.1. The number of rotatable bonds is 8. The summed E-state index contributed by atoms with van der Waals surface area (Å²) in [4.78, 5) is 2.41. The lowest BCUT2D eigenvalue weighted by Crippen LogP contribution is -2.35. The molecule has 96 valence electrons. The topological polar surface area (TPSA) is 24.5 Å². The second-order valence-corrected chi connectivity index (χ2v) is 5.11. The first-order valence-corrected chi connectivity index (χ1v) is 6.73. The van der Waals surface area contributed by atoms with E-state index in [2.05, 4.69) is 31.1 Å². The number of hydrogen-bond acceptors (Lipinski definition) is 3. The van der Waals surface area contributed by atoms with Crippen LogP contribution in [0.2, 0.25) is 0 Å². The molecule has 0 aromatic heterocycles. The Morgan fingerprint density at radius 3 is 2.94 bits per heavy atom. The van der Waals surface area contributed by atoms with E-state index >= 15 is 0 Å². The lowest BCUT2D eigenvalue weighted by molar-refractivity contribution is 0.109. The van der Waals surface area contributed by atoms with Crippen LogP contribution in [0.25, 0.3) is 0 Å². The van der Waals surface area contributed by atoms with Gasteiger partial charge in [-0.15, -0.1) is 0 Å². The fraction of sp³-hybridized carbons (Fsp3) is 1.00. The second-order valence-electron chi connectivity index (χ2n) is 5.11. The Balaban J connectivity index is 1.93. The van der Waals surface area contributed by atoms with E-state index < -0.39 is 0 Å².